The molecule has 1 amide bonds. The molecule has 0 saturated heterocycles. The lowest BCUT2D eigenvalue weighted by molar-refractivity contribution is -0.131. The molecule has 1 fully saturated rings. The van der Waals surface area contributed by atoms with Crippen molar-refractivity contribution in [2.75, 3.05) is 13.6 Å². The van der Waals surface area contributed by atoms with Gasteiger partial charge < -0.3 is 10.6 Å². The smallest absolute Gasteiger partial charge is 0.243 e. The average Bonchev–Trinajstić information content (AvgIpc) is 3.04. The second-order valence-corrected chi connectivity index (χ2v) is 5.08. The molecule has 2 unspecified atom stereocenters. The summed E-state index contributed by atoms with van der Waals surface area (Å²) in [5.41, 5.74) is 6.86. The van der Waals surface area contributed by atoms with Crippen LogP contribution in [0.4, 0.5) is 0 Å². The third-order valence-corrected chi connectivity index (χ3v) is 3.59. The Bertz CT molecular complexity index is 390. The first-order valence-electron chi connectivity index (χ1n) is 6.15. The monoisotopic (exact) mass is 232 g/mol. The van der Waals surface area contributed by atoms with Crippen LogP contribution >= 0.6 is 0 Å². The molecule has 92 valence electrons. The summed E-state index contributed by atoms with van der Waals surface area (Å²) in [6.45, 7) is 3.06. The van der Waals surface area contributed by atoms with Gasteiger partial charge >= 0.3 is 0 Å². The van der Waals surface area contributed by atoms with Gasteiger partial charge in [0.1, 0.15) is 6.04 Å². The summed E-state index contributed by atoms with van der Waals surface area (Å²) in [6.07, 6.45) is 1.23. The number of nitrogens with zero attached hydrogens (tertiary/aromatic N) is 1. The van der Waals surface area contributed by atoms with Crippen molar-refractivity contribution in [2.45, 2.75) is 19.4 Å². The Morgan fingerprint density at radius 3 is 2.59 bits per heavy atom. The molecule has 3 nitrogen and oxygen atoms in total. The molecule has 17 heavy (non-hydrogen) atoms. The summed E-state index contributed by atoms with van der Waals surface area (Å²) >= 11 is 0. The molecule has 2 N–H and O–H groups in total. The van der Waals surface area contributed by atoms with Gasteiger partial charge in [-0.1, -0.05) is 37.3 Å². The van der Waals surface area contributed by atoms with Crippen molar-refractivity contribution in [2.24, 2.45) is 17.6 Å². The van der Waals surface area contributed by atoms with E-state index in [0.29, 0.717) is 5.92 Å². The van der Waals surface area contributed by atoms with E-state index in [9.17, 15) is 4.79 Å². The third kappa shape index (κ3) is 2.86. The van der Waals surface area contributed by atoms with Gasteiger partial charge in [0.15, 0.2) is 0 Å². The van der Waals surface area contributed by atoms with Gasteiger partial charge in [0.25, 0.3) is 0 Å². The second-order valence-electron chi connectivity index (χ2n) is 5.08. The van der Waals surface area contributed by atoms with Gasteiger partial charge in [-0.15, -0.1) is 0 Å². The van der Waals surface area contributed by atoms with Crippen LogP contribution in [0.5, 0.6) is 0 Å². The minimum atomic E-state index is -0.532. The second kappa shape index (κ2) is 4.88. The Kier molecular flexibility index (Phi) is 3.48. The highest BCUT2D eigenvalue weighted by Crippen LogP contribution is 2.38. The van der Waals surface area contributed by atoms with Crippen LogP contribution in [0.2, 0.25) is 0 Å². The number of carbonyl (C=O) groups excluding carboxylic acids is 1. The molecule has 1 saturated carbocycles. The zero-order chi connectivity index (χ0) is 12.4. The molecule has 1 aromatic rings. The number of rotatable bonds is 4. The lowest BCUT2D eigenvalue weighted by atomic mass is 10.1. The number of hydrogen-bond acceptors (Lipinski definition) is 2. The van der Waals surface area contributed by atoms with Crippen molar-refractivity contribution >= 4 is 5.91 Å². The lowest BCUT2D eigenvalue weighted by Gasteiger charge is -2.21. The van der Waals surface area contributed by atoms with E-state index in [4.69, 9.17) is 5.73 Å². The van der Waals surface area contributed by atoms with Gasteiger partial charge in [0.05, 0.1) is 0 Å². The standard InChI is InChI=1S/C14H20N2O/c1-10-8-12(10)9-16(2)14(17)13(15)11-6-4-3-5-7-11/h3-7,10,12-13H,8-9,15H2,1-2H3/t10?,12?,13-/m1/s1. The molecule has 0 heterocycles. The molecule has 1 aliphatic rings. The van der Waals surface area contributed by atoms with E-state index in [-0.39, 0.29) is 5.91 Å². The highest BCUT2D eigenvalue weighted by Gasteiger charge is 2.34. The molecule has 1 aromatic carbocycles. The Hall–Kier alpha value is -1.35. The van der Waals surface area contributed by atoms with Crippen LogP contribution in [0.1, 0.15) is 24.9 Å². The molecule has 0 spiro atoms. The van der Waals surface area contributed by atoms with Crippen molar-refractivity contribution in [3.05, 3.63) is 35.9 Å². The summed E-state index contributed by atoms with van der Waals surface area (Å²) in [7, 11) is 1.84. The topological polar surface area (TPSA) is 46.3 Å². The molecule has 0 aliphatic heterocycles. The highest BCUT2D eigenvalue weighted by atomic mass is 16.2. The minimum Gasteiger partial charge on any atom is -0.344 e. The number of amides is 1. The maximum atomic E-state index is 12.1. The predicted molar refractivity (Wildman–Crippen MR) is 68.3 cm³/mol. The van der Waals surface area contributed by atoms with Crippen LogP contribution < -0.4 is 5.73 Å². The summed E-state index contributed by atoms with van der Waals surface area (Å²) in [5.74, 6) is 1.44. The number of hydrogen-bond donors (Lipinski definition) is 1. The van der Waals surface area contributed by atoms with Crippen molar-refractivity contribution in [1.29, 1.82) is 0 Å². The Labute approximate surface area is 103 Å². The van der Waals surface area contributed by atoms with Crippen molar-refractivity contribution in [3.8, 4) is 0 Å². The van der Waals surface area contributed by atoms with Gasteiger partial charge in [-0.3, -0.25) is 4.79 Å². The maximum absolute atomic E-state index is 12.1. The molecule has 3 heteroatoms. The minimum absolute atomic E-state index is 0.00954. The molecular formula is C14H20N2O. The van der Waals surface area contributed by atoms with Crippen molar-refractivity contribution in [3.63, 3.8) is 0 Å². The molecule has 0 aromatic heterocycles. The van der Waals surface area contributed by atoms with Gasteiger partial charge in [0, 0.05) is 13.6 Å². The Morgan fingerprint density at radius 1 is 1.47 bits per heavy atom. The number of carbonyl (C=O) groups is 1. The number of benzene rings is 1. The van der Waals surface area contributed by atoms with E-state index in [1.54, 1.807) is 4.90 Å². The van der Waals surface area contributed by atoms with Gasteiger partial charge in [-0.25, -0.2) is 0 Å². The van der Waals surface area contributed by atoms with Crippen LogP contribution in [-0.2, 0) is 4.79 Å². The fourth-order valence-corrected chi connectivity index (χ4v) is 2.14. The molecule has 3 atom stereocenters. The summed E-state index contributed by atoms with van der Waals surface area (Å²) in [5, 5.41) is 0. The summed E-state index contributed by atoms with van der Waals surface area (Å²) < 4.78 is 0. The first kappa shape index (κ1) is 12.1. The van der Waals surface area contributed by atoms with Crippen LogP contribution in [0, 0.1) is 11.8 Å². The summed E-state index contributed by atoms with van der Waals surface area (Å²) in [6, 6.07) is 9.01. The van der Waals surface area contributed by atoms with Crippen LogP contribution in [0.15, 0.2) is 30.3 Å². The quantitative estimate of drug-likeness (QED) is 0.860. The summed E-state index contributed by atoms with van der Waals surface area (Å²) in [4.78, 5) is 13.9. The SMILES string of the molecule is CC1CC1CN(C)C(=O)[C@H](N)c1ccccc1. The predicted octanol–water partition coefficient (Wildman–Crippen LogP) is 1.80. The van der Waals surface area contributed by atoms with E-state index in [1.807, 2.05) is 37.4 Å². The fraction of sp³-hybridized carbons (Fsp3) is 0.500. The zero-order valence-electron chi connectivity index (χ0n) is 10.5. The van der Waals surface area contributed by atoms with E-state index < -0.39 is 6.04 Å². The lowest BCUT2D eigenvalue weighted by Crippen LogP contribution is -2.37. The van der Waals surface area contributed by atoms with E-state index in [2.05, 4.69) is 6.92 Å². The molecule has 2 rings (SSSR count). The van der Waals surface area contributed by atoms with Crippen molar-refractivity contribution < 1.29 is 4.79 Å². The van der Waals surface area contributed by atoms with Crippen LogP contribution in [-0.4, -0.2) is 24.4 Å². The number of nitrogens with two attached hydrogens (primary N) is 1. The Balaban J connectivity index is 1.94. The molecular weight excluding hydrogens is 212 g/mol. The van der Waals surface area contributed by atoms with Crippen molar-refractivity contribution in [1.82, 2.24) is 4.90 Å². The van der Waals surface area contributed by atoms with Gasteiger partial charge in [-0.05, 0) is 23.8 Å². The van der Waals surface area contributed by atoms with E-state index in [0.717, 1.165) is 18.0 Å². The Morgan fingerprint density at radius 2 is 2.06 bits per heavy atom. The van der Waals surface area contributed by atoms with Gasteiger partial charge in [0.2, 0.25) is 5.91 Å². The maximum Gasteiger partial charge on any atom is 0.243 e. The fourth-order valence-electron chi connectivity index (χ4n) is 2.14. The first-order valence-corrected chi connectivity index (χ1v) is 6.15. The van der Waals surface area contributed by atoms with Crippen LogP contribution in [0.3, 0.4) is 0 Å². The van der Waals surface area contributed by atoms with Crippen LogP contribution in [0.25, 0.3) is 0 Å². The molecule has 0 radical (unpaired) electrons. The third-order valence-electron chi connectivity index (χ3n) is 3.59. The van der Waals surface area contributed by atoms with E-state index in [1.165, 1.54) is 6.42 Å². The molecule has 1 aliphatic carbocycles. The zero-order valence-corrected chi connectivity index (χ0v) is 10.5. The normalized spacial score (nSPS) is 24.2. The average molecular weight is 232 g/mol. The molecule has 0 bridgehead atoms. The first-order chi connectivity index (χ1) is 8.09. The van der Waals surface area contributed by atoms with E-state index >= 15 is 0 Å². The van der Waals surface area contributed by atoms with Gasteiger partial charge in [-0.2, -0.15) is 0 Å². The largest absolute Gasteiger partial charge is 0.344 e. The number of likely N-dealkylation sites (N-methyl/N-ethyl adjacent to an activating group) is 1. The highest BCUT2D eigenvalue weighted by molar-refractivity contribution is 5.82.